The molecule has 0 fully saturated rings. The van der Waals surface area contributed by atoms with Gasteiger partial charge in [0.2, 0.25) is 0 Å². The van der Waals surface area contributed by atoms with Crippen LogP contribution in [0.2, 0.25) is 0 Å². The summed E-state index contributed by atoms with van der Waals surface area (Å²) in [6.07, 6.45) is 0. The Morgan fingerprint density at radius 1 is 0.258 bits per heavy atom. The molecule has 1 nitrogen and oxygen atoms in total. The minimum atomic E-state index is -0.524. The number of benzene rings is 11. The molecule has 11 aromatic carbocycles. The van der Waals surface area contributed by atoms with Gasteiger partial charge in [0, 0.05) is 16.9 Å². The third-order valence-electron chi connectivity index (χ3n) is 13.6. The van der Waals surface area contributed by atoms with Crippen LogP contribution in [-0.2, 0) is 5.41 Å². The monoisotopic (exact) mass is 785 g/mol. The first kappa shape index (κ1) is 34.8. The number of anilines is 3. The molecule has 1 heteroatoms. The van der Waals surface area contributed by atoms with Gasteiger partial charge in [-0.15, -0.1) is 0 Å². The molecule has 0 saturated carbocycles. The highest BCUT2D eigenvalue weighted by Crippen LogP contribution is 2.65. The van der Waals surface area contributed by atoms with Crippen molar-refractivity contribution in [2.24, 2.45) is 0 Å². The lowest BCUT2D eigenvalue weighted by atomic mass is 9.70. The predicted molar refractivity (Wildman–Crippen MR) is 261 cm³/mol. The van der Waals surface area contributed by atoms with Crippen molar-refractivity contribution in [2.45, 2.75) is 5.41 Å². The Morgan fingerprint density at radius 2 is 0.742 bits per heavy atom. The Kier molecular flexibility index (Phi) is 7.59. The molecule has 1 spiro atoms. The minimum Gasteiger partial charge on any atom is -0.310 e. The second-order valence-electron chi connectivity index (χ2n) is 16.7. The summed E-state index contributed by atoms with van der Waals surface area (Å²) in [7, 11) is 0. The van der Waals surface area contributed by atoms with E-state index in [9.17, 15) is 0 Å². The summed E-state index contributed by atoms with van der Waals surface area (Å²) >= 11 is 0. The zero-order valence-electron chi connectivity index (χ0n) is 34.0. The van der Waals surface area contributed by atoms with E-state index in [1.165, 1.54) is 99.1 Å². The van der Waals surface area contributed by atoms with E-state index < -0.39 is 5.41 Å². The first-order valence-corrected chi connectivity index (χ1v) is 21.6. The largest absolute Gasteiger partial charge is 0.310 e. The maximum atomic E-state index is 2.56. The van der Waals surface area contributed by atoms with Crippen LogP contribution in [0.4, 0.5) is 17.1 Å². The lowest BCUT2D eigenvalue weighted by Crippen LogP contribution is -2.26. The van der Waals surface area contributed by atoms with E-state index in [2.05, 4.69) is 241 Å². The van der Waals surface area contributed by atoms with Crippen LogP contribution >= 0.6 is 0 Å². The van der Waals surface area contributed by atoms with Crippen molar-refractivity contribution in [2.75, 3.05) is 4.90 Å². The Balaban J connectivity index is 1.10. The van der Waals surface area contributed by atoms with Crippen molar-refractivity contribution in [3.05, 3.63) is 259 Å². The van der Waals surface area contributed by atoms with E-state index in [1.807, 2.05) is 0 Å². The van der Waals surface area contributed by atoms with Gasteiger partial charge in [0.1, 0.15) is 0 Å². The van der Waals surface area contributed by atoms with Gasteiger partial charge in [-0.3, -0.25) is 0 Å². The number of fused-ring (bicyclic) bond motifs is 16. The molecule has 288 valence electrons. The van der Waals surface area contributed by atoms with Crippen LogP contribution in [0.5, 0.6) is 0 Å². The molecule has 2 aliphatic rings. The van der Waals surface area contributed by atoms with Crippen molar-refractivity contribution in [3.8, 4) is 44.5 Å². The second-order valence-corrected chi connectivity index (χ2v) is 16.7. The van der Waals surface area contributed by atoms with Gasteiger partial charge in [-0.05, 0) is 136 Å². The quantitative estimate of drug-likeness (QED) is 0.157. The smallest absolute Gasteiger partial charge is 0.0726 e. The maximum absolute atomic E-state index is 2.56. The van der Waals surface area contributed by atoms with Crippen LogP contribution in [-0.4, -0.2) is 0 Å². The number of hydrogen-bond donors (Lipinski definition) is 0. The highest BCUT2D eigenvalue weighted by atomic mass is 15.1. The summed E-state index contributed by atoms with van der Waals surface area (Å²) in [5, 5.41) is 7.77. The van der Waals surface area contributed by atoms with E-state index >= 15 is 0 Å². The molecule has 0 saturated heterocycles. The molecule has 0 aliphatic heterocycles. The SMILES string of the molecule is c1ccc(-c2ccc(N(c3cccc(-c4ccccc4)c3)c3cccc4c3-c3ccccc3C43c4ccccc4-c4cc5c6ccccc6c6ccccc6c5cc43)cc2)cc1. The molecule has 13 rings (SSSR count). The lowest BCUT2D eigenvalue weighted by Gasteiger charge is -2.32. The van der Waals surface area contributed by atoms with E-state index in [1.54, 1.807) is 0 Å². The summed E-state index contributed by atoms with van der Waals surface area (Å²) in [4.78, 5) is 2.48. The van der Waals surface area contributed by atoms with Crippen molar-refractivity contribution in [1.29, 1.82) is 0 Å². The van der Waals surface area contributed by atoms with Crippen molar-refractivity contribution < 1.29 is 0 Å². The zero-order valence-corrected chi connectivity index (χ0v) is 34.0. The average molecular weight is 786 g/mol. The summed E-state index contributed by atoms with van der Waals surface area (Å²) in [5.74, 6) is 0. The van der Waals surface area contributed by atoms with E-state index in [4.69, 9.17) is 0 Å². The summed E-state index contributed by atoms with van der Waals surface area (Å²) in [6, 6.07) is 87.9. The zero-order chi connectivity index (χ0) is 40.8. The van der Waals surface area contributed by atoms with Gasteiger partial charge < -0.3 is 4.90 Å². The molecule has 2 aliphatic carbocycles. The first-order chi connectivity index (χ1) is 30.8. The fourth-order valence-corrected chi connectivity index (χ4v) is 11.1. The minimum absolute atomic E-state index is 0.524. The molecule has 0 amide bonds. The molecule has 0 bridgehead atoms. The Labute approximate surface area is 361 Å². The number of rotatable bonds is 5. The summed E-state index contributed by atoms with van der Waals surface area (Å²) in [5.41, 5.74) is 18.1. The summed E-state index contributed by atoms with van der Waals surface area (Å²) in [6.45, 7) is 0. The highest BCUT2D eigenvalue weighted by Gasteiger charge is 2.52. The van der Waals surface area contributed by atoms with Gasteiger partial charge in [-0.1, -0.05) is 194 Å². The van der Waals surface area contributed by atoms with Gasteiger partial charge >= 0.3 is 0 Å². The maximum Gasteiger partial charge on any atom is 0.0726 e. The fraction of sp³-hybridized carbons (Fsp3) is 0.0164. The van der Waals surface area contributed by atoms with Crippen LogP contribution in [0.15, 0.2) is 237 Å². The van der Waals surface area contributed by atoms with E-state index in [-0.39, 0.29) is 0 Å². The second kappa shape index (κ2) is 13.5. The molecule has 0 heterocycles. The highest BCUT2D eigenvalue weighted by molar-refractivity contribution is 6.26. The molecule has 0 aromatic heterocycles. The van der Waals surface area contributed by atoms with Crippen LogP contribution in [0.1, 0.15) is 22.3 Å². The molecule has 0 radical (unpaired) electrons. The lowest BCUT2D eigenvalue weighted by molar-refractivity contribution is 0.795. The predicted octanol–water partition coefficient (Wildman–Crippen LogP) is 16.3. The van der Waals surface area contributed by atoms with Crippen LogP contribution < -0.4 is 4.90 Å². The van der Waals surface area contributed by atoms with Crippen LogP contribution in [0.3, 0.4) is 0 Å². The van der Waals surface area contributed by atoms with E-state index in [0.717, 1.165) is 17.1 Å². The molecule has 0 N–H and O–H groups in total. The third kappa shape index (κ3) is 4.91. The Bertz CT molecular complexity index is 3570. The van der Waals surface area contributed by atoms with Crippen molar-refractivity contribution >= 4 is 49.4 Å². The van der Waals surface area contributed by atoms with Gasteiger partial charge in [0.15, 0.2) is 0 Å². The molecule has 62 heavy (non-hydrogen) atoms. The van der Waals surface area contributed by atoms with Gasteiger partial charge in [-0.2, -0.15) is 0 Å². The van der Waals surface area contributed by atoms with Crippen molar-refractivity contribution in [3.63, 3.8) is 0 Å². The number of nitrogens with zero attached hydrogens (tertiary/aromatic N) is 1. The molecule has 1 atom stereocenters. The van der Waals surface area contributed by atoms with Gasteiger partial charge in [0.25, 0.3) is 0 Å². The average Bonchev–Trinajstić information content (AvgIpc) is 3.82. The normalized spacial score (nSPS) is 14.5. The van der Waals surface area contributed by atoms with Gasteiger partial charge in [-0.25, -0.2) is 0 Å². The first-order valence-electron chi connectivity index (χ1n) is 21.6. The molecular weight excluding hydrogens is 747 g/mol. The topological polar surface area (TPSA) is 3.24 Å². The van der Waals surface area contributed by atoms with Crippen LogP contribution in [0, 0.1) is 0 Å². The van der Waals surface area contributed by atoms with E-state index in [0.29, 0.717) is 0 Å². The summed E-state index contributed by atoms with van der Waals surface area (Å²) < 4.78 is 0. The number of hydrogen-bond acceptors (Lipinski definition) is 1. The third-order valence-corrected chi connectivity index (χ3v) is 13.6. The fourth-order valence-electron chi connectivity index (χ4n) is 11.1. The standard InChI is InChI=1S/C61H39N/c1-3-17-40(18-4-1)42-33-35-44(36-34-42)62(45-22-15-21-43(37-45)41-19-5-2-6-20-41)59-32-16-31-57-60(59)51-28-12-14-30-56(51)61(57)55-29-13-11-27-50(55)54-38-52-48-25-9-7-23-46(48)47-24-8-10-26-49(47)53(52)39-58(54)61/h1-39H. The molecular formula is C61H39N. The van der Waals surface area contributed by atoms with Crippen molar-refractivity contribution in [1.82, 2.24) is 0 Å². The molecule has 11 aromatic rings. The Hall–Kier alpha value is -8.00. The Morgan fingerprint density at radius 3 is 1.42 bits per heavy atom. The van der Waals surface area contributed by atoms with Gasteiger partial charge in [0.05, 0.1) is 11.1 Å². The van der Waals surface area contributed by atoms with Crippen LogP contribution in [0.25, 0.3) is 76.8 Å². The molecule has 1 unspecified atom stereocenters.